The summed E-state index contributed by atoms with van der Waals surface area (Å²) in [5.41, 5.74) is 1.97. The van der Waals surface area contributed by atoms with Gasteiger partial charge in [0, 0.05) is 83.3 Å². The number of benzene rings is 4. The Labute approximate surface area is 621 Å². The van der Waals surface area contributed by atoms with Gasteiger partial charge in [0.25, 0.3) is 0 Å². The second-order valence-corrected chi connectivity index (χ2v) is 25.5. The topological polar surface area (TPSA) is 550 Å². The number of phenolic OH excluding ortho intramolecular Hbond substituents is 4. The molecule has 0 saturated heterocycles. The molecule has 0 radical (unpaired) electrons. The first-order valence-corrected chi connectivity index (χ1v) is 35.4. The van der Waals surface area contributed by atoms with Crippen LogP contribution < -0.4 is 58.5 Å². The number of nitrogens with one attached hydrogen (secondary N) is 11. The molecule has 0 aromatic heterocycles. The van der Waals surface area contributed by atoms with Crippen molar-refractivity contribution in [3.8, 4) is 23.0 Å². The van der Waals surface area contributed by atoms with E-state index in [1.54, 1.807) is 0 Å². The Morgan fingerprint density at radius 3 is 0.701 bits per heavy atom. The number of phenols is 4. The predicted molar refractivity (Wildman–Crippen MR) is 386 cm³/mol. The number of carbonyl (C=O) groups is 15. The summed E-state index contributed by atoms with van der Waals surface area (Å²) < 4.78 is 0. The molecule has 0 heterocycles. The summed E-state index contributed by atoms with van der Waals surface area (Å²) in [4.78, 5) is 195. The normalized spacial score (nSPS) is 12.8. The molecule has 0 saturated carbocycles. The average Bonchev–Trinajstić information content (AvgIpc) is 0.870. The molecule has 0 aliphatic heterocycles. The molecule has 0 unspecified atom stereocenters. The van der Waals surface area contributed by atoms with Crippen LogP contribution in [0.1, 0.15) is 131 Å². The Morgan fingerprint density at radius 1 is 0.262 bits per heavy atom. The number of rotatable bonds is 51. The highest BCUT2D eigenvalue weighted by Crippen LogP contribution is 2.18. The smallest absolute Gasteiger partial charge is 0.303 e. The number of unbranched alkanes of at least 4 members (excludes halogenated alkanes) is 3. The van der Waals surface area contributed by atoms with Crippen molar-refractivity contribution in [3.63, 3.8) is 0 Å². The number of carboxylic acid groups (broad SMARTS) is 4. The van der Waals surface area contributed by atoms with E-state index in [9.17, 15) is 103 Å². The Kier molecular flexibility index (Phi) is 39.2. The molecular formula is C72H95N11O23S. The average molecular weight is 1510 g/mol. The molecule has 11 amide bonds. The molecule has 0 aliphatic rings. The fraction of sp³-hybridized carbons (Fsp3) is 0.458. The fourth-order valence-corrected chi connectivity index (χ4v) is 10.7. The Morgan fingerprint density at radius 2 is 0.467 bits per heavy atom. The molecule has 19 N–H and O–H groups in total. The lowest BCUT2D eigenvalue weighted by Gasteiger charge is -2.26. The van der Waals surface area contributed by atoms with Crippen molar-refractivity contribution in [1.29, 1.82) is 0 Å². The van der Waals surface area contributed by atoms with Crippen LogP contribution in [0.15, 0.2) is 97.1 Å². The zero-order valence-electron chi connectivity index (χ0n) is 58.8. The van der Waals surface area contributed by atoms with Gasteiger partial charge in [0.1, 0.15) is 65.3 Å². The molecular weight excluding hydrogens is 1420 g/mol. The third-order valence-electron chi connectivity index (χ3n) is 16.3. The maximum atomic E-state index is 14.6. The number of aromatic hydroxyl groups is 4. The van der Waals surface area contributed by atoms with E-state index in [0.717, 1.165) is 0 Å². The van der Waals surface area contributed by atoms with Crippen molar-refractivity contribution >= 4 is 101 Å². The van der Waals surface area contributed by atoms with E-state index in [1.807, 2.05) is 0 Å². The number of thiol groups is 1. The highest BCUT2D eigenvalue weighted by molar-refractivity contribution is 7.80. The monoisotopic (exact) mass is 1510 g/mol. The number of aliphatic carboxylic acids is 4. The van der Waals surface area contributed by atoms with Crippen molar-refractivity contribution < 1.29 is 113 Å². The molecule has 0 fully saturated rings. The lowest BCUT2D eigenvalue weighted by atomic mass is 10.0. The zero-order valence-corrected chi connectivity index (χ0v) is 59.7. The van der Waals surface area contributed by atoms with Crippen LogP contribution in [0.4, 0.5) is 0 Å². The van der Waals surface area contributed by atoms with Gasteiger partial charge in [-0.25, -0.2) is 0 Å². The maximum absolute atomic E-state index is 14.6. The van der Waals surface area contributed by atoms with Crippen LogP contribution in [-0.2, 0) is 97.6 Å². The Balaban J connectivity index is 1.57. The van der Waals surface area contributed by atoms with Gasteiger partial charge < -0.3 is 99.3 Å². The molecule has 0 spiro atoms. The molecule has 7 atom stereocenters. The van der Waals surface area contributed by atoms with E-state index in [4.69, 9.17) is 10.2 Å². The van der Waals surface area contributed by atoms with Gasteiger partial charge in [-0.2, -0.15) is 12.6 Å². The predicted octanol–water partition coefficient (Wildman–Crippen LogP) is 0.538. The van der Waals surface area contributed by atoms with Crippen LogP contribution in [0.2, 0.25) is 0 Å². The number of hydrogen-bond acceptors (Lipinski definition) is 20. The molecule has 0 bridgehead atoms. The summed E-state index contributed by atoms with van der Waals surface area (Å²) in [5, 5.41) is 105. The second kappa shape index (κ2) is 47.8. The van der Waals surface area contributed by atoms with E-state index in [-0.39, 0.29) is 138 Å². The van der Waals surface area contributed by atoms with Crippen molar-refractivity contribution in [2.75, 3.05) is 31.9 Å². The van der Waals surface area contributed by atoms with Crippen molar-refractivity contribution in [1.82, 2.24) is 58.5 Å². The first-order chi connectivity index (χ1) is 51.0. The first kappa shape index (κ1) is 87.9. The number of amides is 11. The van der Waals surface area contributed by atoms with Crippen LogP contribution in [0.25, 0.3) is 0 Å². The minimum Gasteiger partial charge on any atom is -0.508 e. The third kappa shape index (κ3) is 36.7. The summed E-state index contributed by atoms with van der Waals surface area (Å²) >= 11 is 4.19. The summed E-state index contributed by atoms with van der Waals surface area (Å²) in [6, 6.07) is 13.5. The van der Waals surface area contributed by atoms with Gasteiger partial charge in [0.05, 0.1) is 25.7 Å². The third-order valence-corrected chi connectivity index (χ3v) is 16.6. The molecule has 107 heavy (non-hydrogen) atoms. The van der Waals surface area contributed by atoms with Crippen molar-refractivity contribution in [3.05, 3.63) is 119 Å². The number of hydrogen-bond donors (Lipinski definition) is 20. The van der Waals surface area contributed by atoms with Gasteiger partial charge in [-0.3, -0.25) is 71.9 Å². The van der Waals surface area contributed by atoms with E-state index in [0.29, 0.717) is 22.3 Å². The van der Waals surface area contributed by atoms with Crippen molar-refractivity contribution in [2.45, 2.75) is 177 Å². The Hall–Kier alpha value is -11.5. The molecule has 4 rings (SSSR count). The van der Waals surface area contributed by atoms with Gasteiger partial charge in [-0.05, 0) is 129 Å². The summed E-state index contributed by atoms with van der Waals surface area (Å²) in [7, 11) is 0. The number of carbonyl (C=O) groups excluding carboxylic acids is 11. The van der Waals surface area contributed by atoms with Crippen molar-refractivity contribution in [2.24, 2.45) is 0 Å². The van der Waals surface area contributed by atoms with Gasteiger partial charge in [0.15, 0.2) is 0 Å². The van der Waals surface area contributed by atoms with Gasteiger partial charge in [-0.15, -0.1) is 0 Å². The van der Waals surface area contributed by atoms with Crippen LogP contribution in [0.3, 0.4) is 0 Å². The van der Waals surface area contributed by atoms with E-state index in [1.165, 1.54) is 97.1 Å². The summed E-state index contributed by atoms with van der Waals surface area (Å²) in [5.74, 6) is -13.7. The highest BCUT2D eigenvalue weighted by atomic mass is 32.1. The second-order valence-electron chi connectivity index (χ2n) is 25.1. The maximum Gasteiger partial charge on any atom is 0.303 e. The molecule has 582 valence electrons. The summed E-state index contributed by atoms with van der Waals surface area (Å²) in [6.45, 7) is -0.161. The lowest BCUT2D eigenvalue weighted by molar-refractivity contribution is -0.139. The first-order valence-electron chi connectivity index (χ1n) is 34.8. The minimum absolute atomic E-state index is 0.0297. The highest BCUT2D eigenvalue weighted by Gasteiger charge is 2.32. The standard InChI is InChI=1S/C72H95N11O23S/c84-47-18-10-43(11-19-47)39-54(77-58(88)26-30-62(92)93)68(102)74-35-5-2-7-51(82-71(105)56(79-60(90)28-32-64(96)97)41-45-14-22-49(86)23-15-45)66(100)73-34-4-1-8-52(67(101)76-37-38-107)81-70(104)53(83-72(106)57(80-61(91)29-33-65(98)99)42-46-16-24-50(87)25-17-46)9-3-6-36-75-69(103)55(78-59(89)27-31-63(94)95)40-44-12-20-48(85)21-13-44/h10-25,51-57,84-87,107H,1-9,26-42H2,(H,73,100)(H,74,102)(H,75,103)(H,76,101)(H,77,88)(H,78,89)(H,79,90)(H,80,91)(H,81,104)(H,82,105)(H,83,106)(H,92,93)(H,94,95)(H,96,97)(H,98,99)/t51-,52-,53-,54-,55-,56-,57-/m0/s1. The lowest BCUT2D eigenvalue weighted by Crippen LogP contribution is -2.57. The van der Waals surface area contributed by atoms with Gasteiger partial charge >= 0.3 is 23.9 Å². The molecule has 0 aliphatic carbocycles. The van der Waals surface area contributed by atoms with Gasteiger partial charge in [0.2, 0.25) is 65.0 Å². The molecule has 4 aromatic rings. The van der Waals surface area contributed by atoms with Crippen LogP contribution in [0.5, 0.6) is 23.0 Å². The van der Waals surface area contributed by atoms with E-state index < -0.39 is 183 Å². The zero-order chi connectivity index (χ0) is 78.8. The van der Waals surface area contributed by atoms with Crippen LogP contribution >= 0.6 is 12.6 Å². The fourth-order valence-electron chi connectivity index (χ4n) is 10.6. The van der Waals surface area contributed by atoms with Crippen LogP contribution in [0, 0.1) is 0 Å². The molecule has 35 heteroatoms. The quantitative estimate of drug-likeness (QED) is 0.0212. The summed E-state index contributed by atoms with van der Waals surface area (Å²) in [6.07, 6.45) is -4.14. The van der Waals surface area contributed by atoms with E-state index in [2.05, 4.69) is 71.1 Å². The minimum atomic E-state index is -1.48. The number of carboxylic acids is 4. The molecule has 4 aromatic carbocycles. The van der Waals surface area contributed by atoms with E-state index >= 15 is 0 Å². The van der Waals surface area contributed by atoms with Crippen LogP contribution in [-0.4, -0.2) is 204 Å². The molecule has 34 nitrogen and oxygen atoms in total. The largest absolute Gasteiger partial charge is 0.508 e. The Bertz CT molecular complexity index is 3640. The van der Waals surface area contributed by atoms with Gasteiger partial charge in [-0.1, -0.05) is 48.5 Å². The SMILES string of the molecule is O=C(O)CCC(=O)N[C@@H](Cc1ccc(O)cc1)C(=O)NCCCC[C@H](NC(=O)[C@H](Cc1ccc(O)cc1)NC(=O)CCC(=O)O)C(=O)NCCCC[C@H](NC(=O)[C@H](CCCCNC(=O)[C@H](Cc1ccc(O)cc1)NC(=O)CCC(=O)O)NC(=O)[C@H](Cc1ccc(O)cc1)NC(=O)CCC(=O)O)C(=O)NCCS.